The summed E-state index contributed by atoms with van der Waals surface area (Å²) in [5.74, 6) is -4.66. The third kappa shape index (κ3) is 4.64. The lowest BCUT2D eigenvalue weighted by Gasteiger charge is -2.38. The molecule has 3 rings (SSSR count). The molecule has 0 radical (unpaired) electrons. The van der Waals surface area contributed by atoms with E-state index >= 15 is 0 Å². The van der Waals surface area contributed by atoms with Crippen LogP contribution in [-0.2, 0) is 9.59 Å². The van der Waals surface area contributed by atoms with Gasteiger partial charge in [0.1, 0.15) is 17.2 Å². The summed E-state index contributed by atoms with van der Waals surface area (Å²) < 4.78 is 41.7. The van der Waals surface area contributed by atoms with Crippen molar-refractivity contribution in [3.63, 3.8) is 0 Å². The lowest BCUT2D eigenvalue weighted by atomic mass is 10.00. The minimum absolute atomic E-state index is 0.0518. The highest BCUT2D eigenvalue weighted by atomic mass is 19.3. The number of carbonyl (C=O) groups excluding carboxylic acids is 2. The first-order chi connectivity index (χ1) is 13.3. The van der Waals surface area contributed by atoms with Crippen molar-refractivity contribution in [2.45, 2.75) is 38.2 Å². The number of Topliss-reactive ketones (excluding diaryl/α,β-unsaturated/α-hetero) is 1. The summed E-state index contributed by atoms with van der Waals surface area (Å²) in [6, 6.07) is -0.617. The number of likely N-dealkylation sites (tertiary alicyclic amines) is 1. The third-order valence-electron chi connectivity index (χ3n) is 4.82. The van der Waals surface area contributed by atoms with E-state index in [1.165, 1.54) is 18.5 Å². The molecule has 0 spiro atoms. The first-order valence-corrected chi connectivity index (χ1v) is 9.05. The van der Waals surface area contributed by atoms with Crippen molar-refractivity contribution in [3.8, 4) is 0 Å². The minimum atomic E-state index is -2.83. The largest absolute Gasteiger partial charge is 0.350 e. The Morgan fingerprint density at radius 1 is 1.36 bits per heavy atom. The molecule has 6 nitrogen and oxygen atoms in total. The first-order valence-electron chi connectivity index (χ1n) is 9.05. The highest BCUT2D eigenvalue weighted by molar-refractivity contribution is 6.20. The molecule has 2 aliphatic rings. The number of hydrogen-bond donors (Lipinski definition) is 1. The number of allylic oxidation sites excluding steroid dienone is 3. The summed E-state index contributed by atoms with van der Waals surface area (Å²) in [5, 5.41) is 2.52. The van der Waals surface area contributed by atoms with Gasteiger partial charge >= 0.3 is 0 Å². The van der Waals surface area contributed by atoms with Crippen molar-refractivity contribution in [3.05, 3.63) is 47.3 Å². The van der Waals surface area contributed by atoms with Gasteiger partial charge in [-0.1, -0.05) is 6.08 Å². The van der Waals surface area contributed by atoms with E-state index in [0.29, 0.717) is 24.4 Å². The predicted octanol–water partition coefficient (Wildman–Crippen LogP) is 2.43. The standard InChI is InChI=1S/C19H21F3N4O2/c1-12-23-8-13(9-24-12)15(26-7-3-6-19(21,22)11-26)10-25-18(28)17-14(20)4-2-5-16(17)27/h2,4,8-9,15H,3,5-7,10-11H2,1H3,(H,25,28). The Labute approximate surface area is 160 Å². The van der Waals surface area contributed by atoms with Crippen LogP contribution in [0.3, 0.4) is 0 Å². The van der Waals surface area contributed by atoms with Crippen LogP contribution < -0.4 is 5.32 Å². The average molecular weight is 394 g/mol. The molecule has 2 heterocycles. The number of nitrogens with zero attached hydrogens (tertiary/aromatic N) is 3. The van der Waals surface area contributed by atoms with E-state index in [0.717, 1.165) is 6.08 Å². The molecule has 1 amide bonds. The fraction of sp³-hybridized carbons (Fsp3) is 0.474. The van der Waals surface area contributed by atoms with Gasteiger partial charge < -0.3 is 5.32 Å². The van der Waals surface area contributed by atoms with Crippen molar-refractivity contribution < 1.29 is 22.8 Å². The van der Waals surface area contributed by atoms with Gasteiger partial charge in [0.25, 0.3) is 11.8 Å². The van der Waals surface area contributed by atoms with Gasteiger partial charge in [-0.3, -0.25) is 14.5 Å². The predicted molar refractivity (Wildman–Crippen MR) is 95.2 cm³/mol. The fourth-order valence-corrected chi connectivity index (χ4v) is 3.40. The second-order valence-electron chi connectivity index (χ2n) is 6.97. The number of rotatable bonds is 5. The van der Waals surface area contributed by atoms with Crippen LogP contribution in [-0.4, -0.2) is 52.1 Å². The Morgan fingerprint density at radius 3 is 2.71 bits per heavy atom. The van der Waals surface area contributed by atoms with Gasteiger partial charge in [0, 0.05) is 37.3 Å². The minimum Gasteiger partial charge on any atom is -0.350 e. The Hall–Kier alpha value is -2.55. The average Bonchev–Trinajstić information content (AvgIpc) is 2.62. The second-order valence-corrected chi connectivity index (χ2v) is 6.97. The third-order valence-corrected chi connectivity index (χ3v) is 4.82. The zero-order valence-electron chi connectivity index (χ0n) is 15.4. The molecular formula is C19H21F3N4O2. The summed E-state index contributed by atoms with van der Waals surface area (Å²) in [6.07, 6.45) is 5.55. The van der Waals surface area contributed by atoms with Crippen LogP contribution in [0.25, 0.3) is 0 Å². The van der Waals surface area contributed by atoms with E-state index in [4.69, 9.17) is 0 Å². The number of aromatic nitrogens is 2. The smallest absolute Gasteiger partial charge is 0.260 e. The van der Waals surface area contributed by atoms with Crippen LogP contribution in [0, 0.1) is 6.92 Å². The number of amides is 1. The van der Waals surface area contributed by atoms with E-state index < -0.39 is 41.6 Å². The van der Waals surface area contributed by atoms with Crippen molar-refractivity contribution in [2.75, 3.05) is 19.6 Å². The van der Waals surface area contributed by atoms with Crippen molar-refractivity contribution in [2.24, 2.45) is 0 Å². The van der Waals surface area contributed by atoms with Gasteiger partial charge in [0.05, 0.1) is 12.6 Å². The molecule has 150 valence electrons. The summed E-state index contributed by atoms with van der Waals surface area (Å²) in [7, 11) is 0. The Balaban J connectivity index is 1.79. The van der Waals surface area contributed by atoms with Gasteiger partial charge in [0.15, 0.2) is 5.78 Å². The van der Waals surface area contributed by atoms with E-state index in [2.05, 4.69) is 15.3 Å². The molecule has 1 N–H and O–H groups in total. The molecule has 9 heteroatoms. The lowest BCUT2D eigenvalue weighted by Crippen LogP contribution is -2.47. The van der Waals surface area contributed by atoms with Crippen molar-refractivity contribution >= 4 is 11.7 Å². The molecule has 0 aromatic carbocycles. The molecule has 1 aliphatic heterocycles. The van der Waals surface area contributed by atoms with Crippen LogP contribution in [0.2, 0.25) is 0 Å². The van der Waals surface area contributed by atoms with Crippen LogP contribution >= 0.6 is 0 Å². The number of nitrogens with one attached hydrogen (secondary N) is 1. The summed E-state index contributed by atoms with van der Waals surface area (Å²) in [6.45, 7) is 1.59. The van der Waals surface area contributed by atoms with Gasteiger partial charge in [0.2, 0.25) is 0 Å². The maximum absolute atomic E-state index is 13.9. The zero-order chi connectivity index (χ0) is 20.3. The van der Waals surface area contributed by atoms with Crippen molar-refractivity contribution in [1.29, 1.82) is 0 Å². The second kappa shape index (κ2) is 8.22. The topological polar surface area (TPSA) is 75.2 Å². The Bertz CT molecular complexity index is 821. The fourth-order valence-electron chi connectivity index (χ4n) is 3.40. The van der Waals surface area contributed by atoms with Gasteiger partial charge in [-0.25, -0.2) is 23.1 Å². The van der Waals surface area contributed by atoms with Crippen LogP contribution in [0.5, 0.6) is 0 Å². The van der Waals surface area contributed by atoms with Crippen molar-refractivity contribution in [1.82, 2.24) is 20.2 Å². The summed E-state index contributed by atoms with van der Waals surface area (Å²) in [4.78, 5) is 34.0. The number of hydrogen-bond acceptors (Lipinski definition) is 5. The monoisotopic (exact) mass is 394 g/mol. The molecule has 1 aliphatic carbocycles. The molecule has 1 unspecified atom stereocenters. The van der Waals surface area contributed by atoms with Crippen LogP contribution in [0.1, 0.15) is 36.7 Å². The maximum Gasteiger partial charge on any atom is 0.260 e. The molecule has 28 heavy (non-hydrogen) atoms. The first kappa shape index (κ1) is 20.2. The number of ketones is 1. The number of halogens is 3. The number of aryl methyl sites for hydroxylation is 1. The number of carbonyl (C=O) groups is 2. The quantitative estimate of drug-likeness (QED) is 0.777. The highest BCUT2D eigenvalue weighted by Gasteiger charge is 2.38. The summed E-state index contributed by atoms with van der Waals surface area (Å²) in [5.41, 5.74) is 0.0262. The molecule has 1 aromatic heterocycles. The maximum atomic E-state index is 13.9. The van der Waals surface area contributed by atoms with E-state index in [-0.39, 0.29) is 19.4 Å². The normalized spacial score (nSPS) is 20.9. The van der Waals surface area contributed by atoms with Gasteiger partial charge in [-0.15, -0.1) is 0 Å². The Kier molecular flexibility index (Phi) is 5.93. The molecule has 0 bridgehead atoms. The number of alkyl halides is 2. The van der Waals surface area contributed by atoms with Crippen LogP contribution in [0.4, 0.5) is 13.2 Å². The summed E-state index contributed by atoms with van der Waals surface area (Å²) >= 11 is 0. The van der Waals surface area contributed by atoms with Gasteiger partial charge in [-0.2, -0.15) is 0 Å². The lowest BCUT2D eigenvalue weighted by molar-refractivity contribution is -0.122. The van der Waals surface area contributed by atoms with Crippen LogP contribution in [0.15, 0.2) is 35.9 Å². The SMILES string of the molecule is Cc1ncc(C(CNC(=O)C2=C(F)C=CCC2=O)N2CCCC(F)(F)C2)cn1. The number of piperidine rings is 1. The van der Waals surface area contributed by atoms with E-state index in [1.54, 1.807) is 11.8 Å². The molecule has 1 aromatic rings. The highest BCUT2D eigenvalue weighted by Crippen LogP contribution is 2.32. The molecule has 0 saturated carbocycles. The molecule has 1 saturated heterocycles. The van der Waals surface area contributed by atoms with E-state index in [1.807, 2.05) is 0 Å². The Morgan fingerprint density at radius 2 is 2.07 bits per heavy atom. The molecular weight excluding hydrogens is 373 g/mol. The molecule has 1 fully saturated rings. The van der Waals surface area contributed by atoms with Gasteiger partial charge in [-0.05, 0) is 26.0 Å². The van der Waals surface area contributed by atoms with E-state index in [9.17, 15) is 22.8 Å². The molecule has 1 atom stereocenters. The zero-order valence-corrected chi connectivity index (χ0v) is 15.4.